The predicted molar refractivity (Wildman–Crippen MR) is 127 cm³/mol. The van der Waals surface area contributed by atoms with Gasteiger partial charge in [0.2, 0.25) is 0 Å². The number of nitrogens with zero attached hydrogens (tertiary/aromatic N) is 3. The molecular weight excluding hydrogens is 448 g/mol. The zero-order valence-corrected chi connectivity index (χ0v) is 18.7. The molecule has 2 heterocycles. The summed E-state index contributed by atoms with van der Waals surface area (Å²) in [6.07, 6.45) is 1.56. The third kappa shape index (κ3) is 3.57. The molecule has 0 atom stereocenters. The topological polar surface area (TPSA) is 39.8 Å². The minimum absolute atomic E-state index is 0.179. The number of aromatic nitrogens is 3. The summed E-state index contributed by atoms with van der Waals surface area (Å²) >= 11 is 12.6. The second kappa shape index (κ2) is 8.08. The Morgan fingerprint density at radius 1 is 0.938 bits per heavy atom. The van der Waals surface area contributed by atoms with Crippen molar-refractivity contribution < 1.29 is 4.39 Å². The van der Waals surface area contributed by atoms with Crippen molar-refractivity contribution in [2.75, 3.05) is 0 Å². The highest BCUT2D eigenvalue weighted by molar-refractivity contribution is 6.31. The molecule has 0 amide bonds. The highest BCUT2D eigenvalue weighted by atomic mass is 35.5. The molecule has 0 aliphatic rings. The zero-order chi connectivity index (χ0) is 22.4. The first kappa shape index (κ1) is 20.7. The van der Waals surface area contributed by atoms with E-state index in [0.717, 1.165) is 22.0 Å². The average Bonchev–Trinajstić information content (AvgIpc) is 3.07. The first-order valence-electron chi connectivity index (χ1n) is 10.1. The highest BCUT2D eigenvalue weighted by Crippen LogP contribution is 2.29. The highest BCUT2D eigenvalue weighted by Gasteiger charge is 2.18. The second-order valence-electron chi connectivity index (χ2n) is 7.81. The van der Waals surface area contributed by atoms with Crippen LogP contribution in [0.3, 0.4) is 0 Å². The van der Waals surface area contributed by atoms with Crippen LogP contribution < -0.4 is 5.56 Å². The normalized spacial score (nSPS) is 11.5. The predicted octanol–water partition coefficient (Wildman–Crippen LogP) is 6.20. The molecule has 0 fully saturated rings. The maximum Gasteiger partial charge on any atom is 0.278 e. The van der Waals surface area contributed by atoms with Gasteiger partial charge in [-0.25, -0.2) is 9.37 Å². The van der Waals surface area contributed by atoms with E-state index in [0.29, 0.717) is 39.7 Å². The van der Waals surface area contributed by atoms with Gasteiger partial charge in [0.05, 0.1) is 18.4 Å². The average molecular weight is 466 g/mol. The molecule has 0 saturated carbocycles. The van der Waals surface area contributed by atoms with Crippen LogP contribution in [0.15, 0.2) is 71.8 Å². The molecule has 7 heteroatoms. The summed E-state index contributed by atoms with van der Waals surface area (Å²) in [5, 5.41) is 1.79. The van der Waals surface area contributed by atoms with E-state index in [2.05, 4.69) is 4.98 Å². The van der Waals surface area contributed by atoms with E-state index in [-0.39, 0.29) is 5.56 Å². The smallest absolute Gasteiger partial charge is 0.278 e. The Hall–Kier alpha value is -3.15. The van der Waals surface area contributed by atoms with Gasteiger partial charge in [0.15, 0.2) is 0 Å². The number of fused-ring (bicyclic) bond motifs is 3. The van der Waals surface area contributed by atoms with E-state index in [1.807, 2.05) is 47.9 Å². The summed E-state index contributed by atoms with van der Waals surface area (Å²) in [5.41, 5.74) is 4.40. The minimum atomic E-state index is -0.402. The van der Waals surface area contributed by atoms with Gasteiger partial charge in [-0.05, 0) is 48.4 Å². The quantitative estimate of drug-likeness (QED) is 0.316. The summed E-state index contributed by atoms with van der Waals surface area (Å²) in [5.74, 6) is -0.402. The Morgan fingerprint density at radius 2 is 1.72 bits per heavy atom. The fraction of sp³-hybridized carbons (Fsp3) is 0.120. The van der Waals surface area contributed by atoms with Gasteiger partial charge in [-0.15, -0.1) is 0 Å². The van der Waals surface area contributed by atoms with Crippen LogP contribution in [0, 0.1) is 12.7 Å². The summed E-state index contributed by atoms with van der Waals surface area (Å²) < 4.78 is 17.0. The number of benzene rings is 3. The van der Waals surface area contributed by atoms with Crippen LogP contribution >= 0.6 is 23.2 Å². The van der Waals surface area contributed by atoms with Gasteiger partial charge in [-0.3, -0.25) is 9.36 Å². The van der Waals surface area contributed by atoms with E-state index in [9.17, 15) is 9.18 Å². The SMILES string of the molecule is Cc1ccc2c(c1)c1ncn(Cc3ccccc3Cl)c(=O)c1n2Cc1ccc(F)cc1Cl. The van der Waals surface area contributed by atoms with E-state index < -0.39 is 5.82 Å². The molecule has 0 aliphatic carbocycles. The largest absolute Gasteiger partial charge is 0.330 e. The molecule has 0 aliphatic heterocycles. The molecule has 3 aromatic carbocycles. The third-order valence-corrected chi connectivity index (χ3v) is 6.34. The second-order valence-corrected chi connectivity index (χ2v) is 8.62. The molecular formula is C25H18Cl2FN3O. The van der Waals surface area contributed by atoms with Crippen LogP contribution in [0.1, 0.15) is 16.7 Å². The third-order valence-electron chi connectivity index (χ3n) is 5.62. The lowest BCUT2D eigenvalue weighted by Crippen LogP contribution is -2.23. The standard InChI is InChI=1S/C25H18Cl2FN3O/c1-15-6-9-22-19(10-15)23-24(31(22)13-17-7-8-18(28)11-21(17)27)25(32)30(14-29-23)12-16-4-2-3-5-20(16)26/h2-11,14H,12-13H2,1H3. The number of halogens is 3. The molecule has 0 unspecified atom stereocenters. The van der Waals surface area contributed by atoms with E-state index >= 15 is 0 Å². The fourth-order valence-corrected chi connectivity index (χ4v) is 4.44. The van der Waals surface area contributed by atoms with Gasteiger partial charge in [0.25, 0.3) is 5.56 Å². The van der Waals surface area contributed by atoms with Crippen LogP contribution in [0.5, 0.6) is 0 Å². The first-order valence-corrected chi connectivity index (χ1v) is 10.8. The molecule has 0 N–H and O–H groups in total. The van der Waals surface area contributed by atoms with Crippen molar-refractivity contribution in [2.45, 2.75) is 20.0 Å². The van der Waals surface area contributed by atoms with E-state index in [1.54, 1.807) is 23.0 Å². The lowest BCUT2D eigenvalue weighted by atomic mass is 10.1. The van der Waals surface area contributed by atoms with Crippen molar-refractivity contribution in [2.24, 2.45) is 0 Å². The van der Waals surface area contributed by atoms with Gasteiger partial charge in [-0.1, -0.05) is 59.1 Å². The van der Waals surface area contributed by atoms with Gasteiger partial charge < -0.3 is 4.57 Å². The van der Waals surface area contributed by atoms with Crippen molar-refractivity contribution in [3.8, 4) is 0 Å². The molecule has 0 bridgehead atoms. The molecule has 0 radical (unpaired) electrons. The zero-order valence-electron chi connectivity index (χ0n) is 17.1. The van der Waals surface area contributed by atoms with Crippen molar-refractivity contribution in [3.05, 3.63) is 110 Å². The van der Waals surface area contributed by atoms with Gasteiger partial charge in [0, 0.05) is 22.0 Å². The van der Waals surface area contributed by atoms with Gasteiger partial charge >= 0.3 is 0 Å². The molecule has 2 aromatic heterocycles. The molecule has 0 spiro atoms. The van der Waals surface area contributed by atoms with Crippen LogP contribution in [0.4, 0.5) is 4.39 Å². The Kier molecular flexibility index (Phi) is 5.24. The molecule has 0 saturated heterocycles. The van der Waals surface area contributed by atoms with Crippen LogP contribution in [-0.4, -0.2) is 14.1 Å². The Balaban J connectivity index is 1.74. The minimum Gasteiger partial charge on any atom is -0.330 e. The van der Waals surface area contributed by atoms with Crippen LogP contribution in [-0.2, 0) is 13.1 Å². The van der Waals surface area contributed by atoms with Crippen molar-refractivity contribution in [3.63, 3.8) is 0 Å². The Morgan fingerprint density at radius 3 is 2.50 bits per heavy atom. The van der Waals surface area contributed by atoms with Crippen molar-refractivity contribution in [1.29, 1.82) is 0 Å². The number of rotatable bonds is 4. The maximum atomic E-state index is 13.6. The Bertz CT molecular complexity index is 1550. The van der Waals surface area contributed by atoms with E-state index in [1.165, 1.54) is 12.1 Å². The summed E-state index contributed by atoms with van der Waals surface area (Å²) in [6.45, 7) is 2.62. The summed E-state index contributed by atoms with van der Waals surface area (Å²) in [4.78, 5) is 18.3. The number of aryl methyl sites for hydroxylation is 1. The Labute approximate surface area is 193 Å². The molecule has 160 valence electrons. The molecule has 4 nitrogen and oxygen atoms in total. The maximum absolute atomic E-state index is 13.6. The monoisotopic (exact) mass is 465 g/mol. The van der Waals surface area contributed by atoms with Crippen LogP contribution in [0.2, 0.25) is 10.0 Å². The van der Waals surface area contributed by atoms with E-state index in [4.69, 9.17) is 23.2 Å². The van der Waals surface area contributed by atoms with Crippen molar-refractivity contribution >= 4 is 45.1 Å². The first-order chi connectivity index (χ1) is 15.4. The lowest BCUT2D eigenvalue weighted by Gasteiger charge is -2.11. The van der Waals surface area contributed by atoms with Crippen LogP contribution in [0.25, 0.3) is 21.9 Å². The number of hydrogen-bond donors (Lipinski definition) is 0. The van der Waals surface area contributed by atoms with Crippen molar-refractivity contribution in [1.82, 2.24) is 14.1 Å². The molecule has 32 heavy (non-hydrogen) atoms. The summed E-state index contributed by atoms with van der Waals surface area (Å²) in [7, 11) is 0. The van der Waals surface area contributed by atoms with Gasteiger partial charge in [0.1, 0.15) is 16.9 Å². The molecule has 5 aromatic rings. The lowest BCUT2D eigenvalue weighted by molar-refractivity contribution is 0.626. The van der Waals surface area contributed by atoms with Gasteiger partial charge in [-0.2, -0.15) is 0 Å². The summed E-state index contributed by atoms with van der Waals surface area (Å²) in [6, 6.07) is 17.7. The molecule has 5 rings (SSSR count). The number of hydrogen-bond acceptors (Lipinski definition) is 2. The fourth-order valence-electron chi connectivity index (χ4n) is 4.02.